The molecule has 0 radical (unpaired) electrons. The lowest BCUT2D eigenvalue weighted by molar-refractivity contribution is -1.01. The van der Waals surface area contributed by atoms with E-state index in [-0.39, 0.29) is 6.03 Å². The van der Waals surface area contributed by atoms with Crippen molar-refractivity contribution < 1.29 is 24.1 Å². The molecule has 1 fully saturated rings. The Hall–Kier alpha value is -2.09. The fourth-order valence-electron chi connectivity index (χ4n) is 3.75. The zero-order chi connectivity index (χ0) is 19.4. The molecule has 1 saturated heterocycles. The summed E-state index contributed by atoms with van der Waals surface area (Å²) in [5, 5.41) is 6.28. The average molecular weight is 395 g/mol. The van der Waals surface area contributed by atoms with E-state index < -0.39 is 12.0 Å². The summed E-state index contributed by atoms with van der Waals surface area (Å²) in [7, 11) is 1.36. The van der Waals surface area contributed by atoms with Crippen molar-refractivity contribution in [1.82, 2.24) is 10.6 Å². The van der Waals surface area contributed by atoms with Gasteiger partial charge in [-0.2, -0.15) is 0 Å². The molecule has 0 saturated carbocycles. The van der Waals surface area contributed by atoms with Crippen LogP contribution in [0.1, 0.15) is 18.5 Å². The van der Waals surface area contributed by atoms with Gasteiger partial charge in [-0.15, -0.1) is 0 Å². The highest BCUT2D eigenvalue weighted by atomic mass is 35.5. The van der Waals surface area contributed by atoms with Crippen LogP contribution < -0.4 is 20.4 Å². The number of amides is 2. The van der Waals surface area contributed by atoms with Crippen LogP contribution in [0.4, 0.5) is 4.79 Å². The molecule has 4 N–H and O–H groups in total. The van der Waals surface area contributed by atoms with Crippen LogP contribution in [0.3, 0.4) is 0 Å². The number of hydrogen-bond donors (Lipinski definition) is 4. The van der Waals surface area contributed by atoms with E-state index in [2.05, 4.69) is 17.6 Å². The molecule has 1 aromatic carbocycles. The van der Waals surface area contributed by atoms with Gasteiger partial charge in [-0.1, -0.05) is 23.7 Å². The first kappa shape index (κ1) is 19.7. The number of esters is 1. The largest absolute Gasteiger partial charge is 0.466 e. The molecule has 2 heterocycles. The lowest BCUT2D eigenvalue weighted by atomic mass is 9.95. The maximum absolute atomic E-state index is 12.6. The highest BCUT2D eigenvalue weighted by Gasteiger charge is 2.35. The molecular weight excluding hydrogens is 368 g/mol. The molecule has 0 aromatic heterocycles. The minimum atomic E-state index is -0.555. The second kappa shape index (κ2) is 8.73. The number of benzene rings is 1. The Morgan fingerprint density at radius 2 is 1.81 bits per heavy atom. The van der Waals surface area contributed by atoms with Crippen LogP contribution in [0.15, 0.2) is 35.5 Å². The lowest BCUT2D eigenvalue weighted by Gasteiger charge is -2.33. The number of quaternary nitrogens is 2. The van der Waals surface area contributed by atoms with Crippen molar-refractivity contribution in [1.29, 1.82) is 0 Å². The standard InChI is InChI=1S/C19H25ClN4O3/c1-3-23-8-10-24(11-9-23)12-15-16(18(25)27-2)17(22-19(26)21-15)13-4-6-14(20)7-5-13/h4-7,17H,3,8-12H2,1-2H3,(H2,21,22,26)/p+2/t17-/m1/s1. The van der Waals surface area contributed by atoms with E-state index in [4.69, 9.17) is 16.3 Å². The molecule has 146 valence electrons. The minimum Gasteiger partial charge on any atom is -0.466 e. The average Bonchev–Trinajstić information content (AvgIpc) is 2.68. The van der Waals surface area contributed by atoms with Crippen molar-refractivity contribution in [2.75, 3.05) is 46.4 Å². The molecule has 2 aliphatic heterocycles. The Morgan fingerprint density at radius 1 is 1.19 bits per heavy atom. The van der Waals surface area contributed by atoms with E-state index in [9.17, 15) is 9.59 Å². The normalized spacial score (nSPS) is 25.6. The van der Waals surface area contributed by atoms with Crippen molar-refractivity contribution in [3.63, 3.8) is 0 Å². The second-order valence-electron chi connectivity index (χ2n) is 7.00. The lowest BCUT2D eigenvalue weighted by Crippen LogP contribution is -3.28. The van der Waals surface area contributed by atoms with Crippen LogP contribution in [0, 0.1) is 0 Å². The highest BCUT2D eigenvalue weighted by Crippen LogP contribution is 2.28. The van der Waals surface area contributed by atoms with Gasteiger partial charge in [0.15, 0.2) is 0 Å². The SMILES string of the molecule is CC[NH+]1CC[NH+](CC2=C(C(=O)OC)[C@@H](c3ccc(Cl)cc3)NC(=O)N2)CC1. The van der Waals surface area contributed by atoms with Gasteiger partial charge in [0, 0.05) is 5.02 Å². The molecule has 2 aliphatic rings. The van der Waals surface area contributed by atoms with E-state index in [1.54, 1.807) is 17.0 Å². The summed E-state index contributed by atoms with van der Waals surface area (Å²) < 4.78 is 5.03. The molecule has 3 rings (SSSR count). The number of methoxy groups -OCH3 is 1. The van der Waals surface area contributed by atoms with Crippen molar-refractivity contribution in [3.8, 4) is 0 Å². The number of hydrogen-bond acceptors (Lipinski definition) is 3. The summed E-state index contributed by atoms with van der Waals surface area (Å²) >= 11 is 5.98. The van der Waals surface area contributed by atoms with Gasteiger partial charge in [0.2, 0.25) is 0 Å². The van der Waals surface area contributed by atoms with Crippen LogP contribution in [0.5, 0.6) is 0 Å². The maximum atomic E-state index is 12.6. The molecule has 7 nitrogen and oxygen atoms in total. The van der Waals surface area contributed by atoms with Gasteiger partial charge < -0.3 is 25.2 Å². The van der Waals surface area contributed by atoms with Gasteiger partial charge in [0.25, 0.3) is 0 Å². The van der Waals surface area contributed by atoms with Gasteiger partial charge in [-0.25, -0.2) is 9.59 Å². The van der Waals surface area contributed by atoms with Gasteiger partial charge in [-0.3, -0.25) is 0 Å². The number of nitrogens with one attached hydrogen (secondary N) is 4. The molecule has 27 heavy (non-hydrogen) atoms. The van der Waals surface area contributed by atoms with Crippen LogP contribution >= 0.6 is 11.6 Å². The van der Waals surface area contributed by atoms with Crippen molar-refractivity contribution >= 4 is 23.6 Å². The third-order valence-corrected chi connectivity index (χ3v) is 5.61. The topological polar surface area (TPSA) is 76.3 Å². The van der Waals surface area contributed by atoms with Crippen LogP contribution in [0.25, 0.3) is 0 Å². The predicted molar refractivity (Wildman–Crippen MR) is 102 cm³/mol. The number of rotatable bonds is 5. The Morgan fingerprint density at radius 3 is 2.41 bits per heavy atom. The molecule has 8 heteroatoms. The summed E-state index contributed by atoms with van der Waals surface area (Å²) in [4.78, 5) is 27.8. The Kier molecular flexibility index (Phi) is 6.36. The Balaban J connectivity index is 1.89. The summed E-state index contributed by atoms with van der Waals surface area (Å²) in [6.45, 7) is 8.13. The van der Waals surface area contributed by atoms with E-state index in [1.165, 1.54) is 12.0 Å². The van der Waals surface area contributed by atoms with Crippen molar-refractivity contribution in [2.45, 2.75) is 13.0 Å². The number of ether oxygens (including phenoxy) is 1. The van der Waals surface area contributed by atoms with E-state index in [0.717, 1.165) is 38.3 Å². The first-order valence-corrected chi connectivity index (χ1v) is 9.71. The minimum absolute atomic E-state index is 0.310. The third-order valence-electron chi connectivity index (χ3n) is 5.35. The first-order valence-electron chi connectivity index (χ1n) is 9.33. The molecule has 0 bridgehead atoms. The number of urea groups is 1. The first-order chi connectivity index (χ1) is 13.0. The second-order valence-corrected chi connectivity index (χ2v) is 7.43. The Labute approximate surface area is 164 Å². The maximum Gasteiger partial charge on any atom is 0.338 e. The van der Waals surface area contributed by atoms with E-state index >= 15 is 0 Å². The summed E-state index contributed by atoms with van der Waals surface area (Å²) in [6.07, 6.45) is 0. The third kappa shape index (κ3) is 4.61. The van der Waals surface area contributed by atoms with Crippen LogP contribution in [0.2, 0.25) is 5.02 Å². The van der Waals surface area contributed by atoms with Gasteiger partial charge in [-0.05, 0) is 24.6 Å². The summed E-state index contributed by atoms with van der Waals surface area (Å²) in [6, 6.07) is 6.26. The van der Waals surface area contributed by atoms with Crippen LogP contribution in [-0.4, -0.2) is 58.4 Å². The monoisotopic (exact) mass is 394 g/mol. The van der Waals surface area contributed by atoms with Crippen molar-refractivity contribution in [3.05, 3.63) is 46.1 Å². The zero-order valence-electron chi connectivity index (χ0n) is 15.7. The summed E-state index contributed by atoms with van der Waals surface area (Å²) in [5.74, 6) is -0.435. The molecule has 0 unspecified atom stereocenters. The van der Waals surface area contributed by atoms with Gasteiger partial charge in [0.1, 0.15) is 32.7 Å². The number of piperazine rings is 1. The zero-order valence-corrected chi connectivity index (χ0v) is 16.5. The molecule has 0 aliphatic carbocycles. The number of carbonyl (C=O) groups is 2. The molecular formula is C19H27ClN4O3+2. The molecule has 2 amide bonds. The molecule has 1 atom stereocenters. The quantitative estimate of drug-likeness (QED) is 0.480. The number of carbonyl (C=O) groups excluding carboxylic acids is 2. The smallest absolute Gasteiger partial charge is 0.338 e. The highest BCUT2D eigenvalue weighted by molar-refractivity contribution is 6.30. The summed E-state index contributed by atoms with van der Waals surface area (Å²) in [5.41, 5.74) is 1.89. The van der Waals surface area contributed by atoms with Gasteiger partial charge >= 0.3 is 12.0 Å². The van der Waals surface area contributed by atoms with E-state index in [1.807, 2.05) is 12.1 Å². The van der Waals surface area contributed by atoms with Crippen molar-refractivity contribution in [2.24, 2.45) is 0 Å². The molecule has 1 aromatic rings. The fourth-order valence-corrected chi connectivity index (χ4v) is 3.88. The van der Waals surface area contributed by atoms with Crippen LogP contribution in [-0.2, 0) is 9.53 Å². The molecule has 0 spiro atoms. The number of likely N-dealkylation sites (N-methyl/N-ethyl adjacent to an activating group) is 1. The predicted octanol–water partition coefficient (Wildman–Crippen LogP) is -1.08. The fraction of sp³-hybridized carbons (Fsp3) is 0.474. The van der Waals surface area contributed by atoms with Gasteiger partial charge in [0.05, 0.1) is 31.0 Å². The number of halogens is 1. The Bertz CT molecular complexity index is 727. The van der Waals surface area contributed by atoms with E-state index in [0.29, 0.717) is 22.8 Å².